The molecule has 2 atom stereocenters. The third-order valence-corrected chi connectivity index (χ3v) is 4.10. The predicted molar refractivity (Wildman–Crippen MR) is 80.7 cm³/mol. The van der Waals surface area contributed by atoms with Crippen LogP contribution in [0.25, 0.3) is 0 Å². The Balaban J connectivity index is 1.81. The van der Waals surface area contributed by atoms with Gasteiger partial charge in [-0.05, 0) is 38.8 Å². The summed E-state index contributed by atoms with van der Waals surface area (Å²) in [5.41, 5.74) is 5.62. The van der Waals surface area contributed by atoms with E-state index < -0.39 is 5.91 Å². The molecule has 0 bridgehead atoms. The van der Waals surface area contributed by atoms with E-state index in [2.05, 4.69) is 29.0 Å². The quantitative estimate of drug-likeness (QED) is 0.861. The molecular formula is C15H24N4O. The van der Waals surface area contributed by atoms with Crippen LogP contribution in [0.3, 0.4) is 0 Å². The molecule has 1 saturated heterocycles. The van der Waals surface area contributed by atoms with Crippen LogP contribution in [0.4, 0.5) is 5.82 Å². The Morgan fingerprint density at radius 3 is 2.65 bits per heavy atom. The lowest BCUT2D eigenvalue weighted by molar-refractivity contribution is 0.1000. The van der Waals surface area contributed by atoms with Crippen LogP contribution in [0.5, 0.6) is 0 Å². The highest BCUT2D eigenvalue weighted by molar-refractivity contribution is 5.92. The molecule has 3 N–H and O–H groups in total. The molecule has 1 aromatic rings. The third-order valence-electron chi connectivity index (χ3n) is 4.10. The van der Waals surface area contributed by atoms with Crippen LogP contribution in [-0.4, -0.2) is 41.0 Å². The first-order valence-electron chi connectivity index (χ1n) is 7.33. The van der Waals surface area contributed by atoms with E-state index in [1.54, 1.807) is 12.1 Å². The number of hydrogen-bond donors (Lipinski definition) is 2. The molecule has 2 heterocycles. The average Bonchev–Trinajstić information content (AvgIpc) is 2.42. The minimum Gasteiger partial charge on any atom is -0.369 e. The minimum absolute atomic E-state index is 0.439. The first-order valence-corrected chi connectivity index (χ1v) is 7.33. The number of aromatic nitrogens is 1. The Hall–Kier alpha value is -1.62. The van der Waals surface area contributed by atoms with Crippen LogP contribution < -0.4 is 11.1 Å². The number of nitrogens with one attached hydrogen (secondary N) is 1. The molecule has 0 saturated carbocycles. The first kappa shape index (κ1) is 14.8. The molecular weight excluding hydrogens is 252 g/mol. The van der Waals surface area contributed by atoms with E-state index in [1.165, 1.54) is 25.5 Å². The maximum atomic E-state index is 11.0. The van der Waals surface area contributed by atoms with E-state index in [0.29, 0.717) is 17.6 Å². The number of primary amides is 1. The number of pyridine rings is 1. The zero-order chi connectivity index (χ0) is 14.5. The second-order valence-electron chi connectivity index (χ2n) is 5.59. The summed E-state index contributed by atoms with van der Waals surface area (Å²) in [6.45, 7) is 6.48. The fourth-order valence-corrected chi connectivity index (χ4v) is 2.87. The SMILES string of the molecule is C[C@@H]1CCC[C@H](C)N1CCNc1ccc(C(N)=O)cn1. The van der Waals surface area contributed by atoms with Crippen molar-refractivity contribution in [1.82, 2.24) is 9.88 Å². The summed E-state index contributed by atoms with van der Waals surface area (Å²) < 4.78 is 0. The second-order valence-corrected chi connectivity index (χ2v) is 5.59. The van der Waals surface area contributed by atoms with Gasteiger partial charge in [-0.3, -0.25) is 9.69 Å². The van der Waals surface area contributed by atoms with Crippen molar-refractivity contribution in [2.45, 2.75) is 45.2 Å². The van der Waals surface area contributed by atoms with Crippen LogP contribution in [0.1, 0.15) is 43.5 Å². The number of nitrogens with zero attached hydrogens (tertiary/aromatic N) is 2. The predicted octanol–water partition coefficient (Wildman–Crippen LogP) is 1.86. The molecule has 0 spiro atoms. The topological polar surface area (TPSA) is 71.2 Å². The number of amides is 1. The lowest BCUT2D eigenvalue weighted by atomic mass is 9.98. The summed E-state index contributed by atoms with van der Waals surface area (Å²) in [4.78, 5) is 17.7. The standard InChI is InChI=1S/C15H24N4O/c1-11-4-3-5-12(2)19(11)9-8-17-14-7-6-13(10-18-14)15(16)20/h6-7,10-12H,3-5,8-9H2,1-2H3,(H2,16,20)(H,17,18)/t11-,12+. The number of nitrogens with two attached hydrogens (primary N) is 1. The molecule has 1 aliphatic heterocycles. The van der Waals surface area contributed by atoms with Gasteiger partial charge in [0.25, 0.3) is 0 Å². The number of piperidine rings is 1. The molecule has 1 aliphatic rings. The van der Waals surface area contributed by atoms with Crippen molar-refractivity contribution < 1.29 is 4.79 Å². The highest BCUT2D eigenvalue weighted by Crippen LogP contribution is 2.21. The third kappa shape index (κ3) is 3.70. The van der Waals surface area contributed by atoms with Gasteiger partial charge < -0.3 is 11.1 Å². The molecule has 1 aromatic heterocycles. The first-order chi connectivity index (χ1) is 9.58. The molecule has 0 aromatic carbocycles. The number of carbonyl (C=O) groups is 1. The van der Waals surface area contributed by atoms with Crippen molar-refractivity contribution in [2.24, 2.45) is 5.73 Å². The molecule has 0 radical (unpaired) electrons. The zero-order valence-electron chi connectivity index (χ0n) is 12.3. The smallest absolute Gasteiger partial charge is 0.250 e. The second kappa shape index (κ2) is 6.70. The Bertz CT molecular complexity index is 436. The van der Waals surface area contributed by atoms with E-state index in [1.807, 2.05) is 0 Å². The lowest BCUT2D eigenvalue weighted by Gasteiger charge is -2.39. The van der Waals surface area contributed by atoms with Gasteiger partial charge in [-0.1, -0.05) is 6.42 Å². The monoisotopic (exact) mass is 276 g/mol. The molecule has 1 fully saturated rings. The molecule has 1 amide bonds. The van der Waals surface area contributed by atoms with Crippen molar-refractivity contribution in [1.29, 1.82) is 0 Å². The van der Waals surface area contributed by atoms with E-state index in [-0.39, 0.29) is 0 Å². The number of anilines is 1. The summed E-state index contributed by atoms with van der Waals surface area (Å²) in [5.74, 6) is 0.340. The zero-order valence-corrected chi connectivity index (χ0v) is 12.3. The summed E-state index contributed by atoms with van der Waals surface area (Å²) in [6, 6.07) is 4.81. The van der Waals surface area contributed by atoms with Gasteiger partial charge in [-0.2, -0.15) is 0 Å². The summed E-state index contributed by atoms with van der Waals surface area (Å²) in [7, 11) is 0. The Morgan fingerprint density at radius 2 is 2.10 bits per heavy atom. The molecule has 2 rings (SSSR count). The highest BCUT2D eigenvalue weighted by Gasteiger charge is 2.23. The van der Waals surface area contributed by atoms with Crippen molar-refractivity contribution in [3.05, 3.63) is 23.9 Å². The van der Waals surface area contributed by atoms with Crippen LogP contribution in [0, 0.1) is 0 Å². The Morgan fingerprint density at radius 1 is 1.40 bits per heavy atom. The number of rotatable bonds is 5. The van der Waals surface area contributed by atoms with E-state index in [0.717, 1.165) is 18.9 Å². The largest absolute Gasteiger partial charge is 0.369 e. The maximum absolute atomic E-state index is 11.0. The molecule has 5 heteroatoms. The van der Waals surface area contributed by atoms with Crippen LogP contribution >= 0.6 is 0 Å². The van der Waals surface area contributed by atoms with Crippen LogP contribution in [-0.2, 0) is 0 Å². The van der Waals surface area contributed by atoms with Gasteiger partial charge in [0, 0.05) is 31.4 Å². The van der Waals surface area contributed by atoms with Gasteiger partial charge >= 0.3 is 0 Å². The number of hydrogen-bond acceptors (Lipinski definition) is 4. The van der Waals surface area contributed by atoms with Crippen molar-refractivity contribution in [3.63, 3.8) is 0 Å². The Labute approximate surface area is 120 Å². The fourth-order valence-electron chi connectivity index (χ4n) is 2.87. The van der Waals surface area contributed by atoms with Crippen molar-refractivity contribution >= 4 is 11.7 Å². The van der Waals surface area contributed by atoms with E-state index in [4.69, 9.17) is 5.73 Å². The van der Waals surface area contributed by atoms with Gasteiger partial charge in [0.05, 0.1) is 5.56 Å². The normalized spacial score (nSPS) is 23.5. The van der Waals surface area contributed by atoms with Gasteiger partial charge in [0.15, 0.2) is 0 Å². The van der Waals surface area contributed by atoms with E-state index in [9.17, 15) is 4.79 Å². The highest BCUT2D eigenvalue weighted by atomic mass is 16.1. The molecule has 110 valence electrons. The van der Waals surface area contributed by atoms with Crippen LogP contribution in [0.2, 0.25) is 0 Å². The summed E-state index contributed by atoms with van der Waals surface area (Å²) >= 11 is 0. The Kier molecular flexibility index (Phi) is 4.95. The van der Waals surface area contributed by atoms with Gasteiger partial charge in [0.1, 0.15) is 5.82 Å². The maximum Gasteiger partial charge on any atom is 0.250 e. The minimum atomic E-state index is -0.444. The van der Waals surface area contributed by atoms with Crippen LogP contribution in [0.15, 0.2) is 18.3 Å². The van der Waals surface area contributed by atoms with Gasteiger partial charge in [-0.15, -0.1) is 0 Å². The molecule has 0 unspecified atom stereocenters. The van der Waals surface area contributed by atoms with E-state index >= 15 is 0 Å². The number of likely N-dealkylation sites (tertiary alicyclic amines) is 1. The lowest BCUT2D eigenvalue weighted by Crippen LogP contribution is -2.45. The summed E-state index contributed by atoms with van der Waals surface area (Å²) in [5, 5.41) is 3.29. The van der Waals surface area contributed by atoms with Gasteiger partial charge in [-0.25, -0.2) is 4.98 Å². The van der Waals surface area contributed by atoms with Gasteiger partial charge in [0.2, 0.25) is 5.91 Å². The molecule has 0 aliphatic carbocycles. The summed E-state index contributed by atoms with van der Waals surface area (Å²) in [6.07, 6.45) is 5.42. The number of carbonyl (C=O) groups excluding carboxylic acids is 1. The fraction of sp³-hybridized carbons (Fsp3) is 0.600. The van der Waals surface area contributed by atoms with Crippen molar-refractivity contribution in [2.75, 3.05) is 18.4 Å². The molecule has 5 nitrogen and oxygen atoms in total. The molecule has 20 heavy (non-hydrogen) atoms. The average molecular weight is 276 g/mol. The van der Waals surface area contributed by atoms with Crippen molar-refractivity contribution in [3.8, 4) is 0 Å².